The smallest absolute Gasteiger partial charge is 0.401 e. The first-order valence-electron chi connectivity index (χ1n) is 6.54. The molecular formula is C16H18ClO2P. The van der Waals surface area contributed by atoms with Gasteiger partial charge in [0.1, 0.15) is 11.5 Å². The predicted molar refractivity (Wildman–Crippen MR) is 85.7 cm³/mol. The van der Waals surface area contributed by atoms with Crippen LogP contribution in [0.2, 0.25) is 0 Å². The van der Waals surface area contributed by atoms with E-state index in [9.17, 15) is 0 Å². The first-order valence-corrected chi connectivity index (χ1v) is 8.62. The molecule has 2 nitrogen and oxygen atoms in total. The molecule has 0 amide bonds. The van der Waals surface area contributed by atoms with Crippen molar-refractivity contribution in [1.82, 2.24) is 0 Å². The first-order chi connectivity index (χ1) is 9.58. The van der Waals surface area contributed by atoms with Gasteiger partial charge in [0.25, 0.3) is 0 Å². The number of hydrogen-bond donors (Lipinski definition) is 0. The molecule has 4 heteroatoms. The topological polar surface area (TPSA) is 18.5 Å². The lowest BCUT2D eigenvalue weighted by Crippen LogP contribution is -1.96. The van der Waals surface area contributed by atoms with Crippen LogP contribution in [-0.2, 0) is 0 Å². The highest BCUT2D eigenvalue weighted by molar-refractivity contribution is 7.76. The minimum Gasteiger partial charge on any atom is -0.427 e. The summed E-state index contributed by atoms with van der Waals surface area (Å²) in [5.74, 6) is 1.93. The standard InChI is InChI=1S/C16H18ClO2P/c1-12(2)14-9-5-7-11-16(14)19-20(17)18-15-10-6-4-8-13(15)3/h4-12H,1-3H3. The zero-order valence-electron chi connectivity index (χ0n) is 11.8. The zero-order chi connectivity index (χ0) is 14.5. The lowest BCUT2D eigenvalue weighted by molar-refractivity contribution is 0.500. The molecule has 2 aromatic carbocycles. The van der Waals surface area contributed by atoms with Crippen molar-refractivity contribution in [2.45, 2.75) is 26.7 Å². The Bertz CT molecular complexity index is 572. The van der Waals surface area contributed by atoms with E-state index in [0.29, 0.717) is 5.92 Å². The van der Waals surface area contributed by atoms with Gasteiger partial charge in [0, 0.05) is 0 Å². The van der Waals surface area contributed by atoms with E-state index >= 15 is 0 Å². The second-order valence-corrected chi connectivity index (χ2v) is 6.47. The van der Waals surface area contributed by atoms with Gasteiger partial charge in [-0.25, -0.2) is 0 Å². The van der Waals surface area contributed by atoms with Crippen molar-refractivity contribution in [2.24, 2.45) is 0 Å². The molecule has 2 aromatic rings. The Morgan fingerprint density at radius 1 is 0.900 bits per heavy atom. The molecule has 0 fully saturated rings. The highest BCUT2D eigenvalue weighted by Gasteiger charge is 2.15. The first kappa shape index (κ1) is 15.2. The molecule has 0 aliphatic carbocycles. The SMILES string of the molecule is Cc1ccccc1OP(Cl)Oc1ccccc1C(C)C. The van der Waals surface area contributed by atoms with Gasteiger partial charge in [-0.05, 0) is 47.3 Å². The van der Waals surface area contributed by atoms with E-state index in [4.69, 9.17) is 20.3 Å². The second-order valence-electron chi connectivity index (χ2n) is 4.85. The van der Waals surface area contributed by atoms with E-state index in [0.717, 1.165) is 22.6 Å². The molecule has 20 heavy (non-hydrogen) atoms. The highest BCUT2D eigenvalue weighted by atomic mass is 35.7. The maximum absolute atomic E-state index is 6.22. The van der Waals surface area contributed by atoms with Crippen molar-refractivity contribution in [3.8, 4) is 11.5 Å². The lowest BCUT2D eigenvalue weighted by atomic mass is 10.0. The molecule has 0 spiro atoms. The van der Waals surface area contributed by atoms with Crippen LogP contribution in [0.4, 0.5) is 0 Å². The van der Waals surface area contributed by atoms with Crippen LogP contribution in [0.3, 0.4) is 0 Å². The van der Waals surface area contributed by atoms with Crippen LogP contribution in [0.5, 0.6) is 11.5 Å². The third-order valence-corrected chi connectivity index (χ3v) is 4.07. The Balaban J connectivity index is 2.09. The third-order valence-electron chi connectivity index (χ3n) is 2.97. The molecule has 0 aliphatic heterocycles. The van der Waals surface area contributed by atoms with Crippen molar-refractivity contribution in [3.63, 3.8) is 0 Å². The second kappa shape index (κ2) is 6.97. The van der Waals surface area contributed by atoms with E-state index in [-0.39, 0.29) is 0 Å². The van der Waals surface area contributed by atoms with Crippen molar-refractivity contribution in [3.05, 3.63) is 59.7 Å². The van der Waals surface area contributed by atoms with Gasteiger partial charge < -0.3 is 9.05 Å². The Morgan fingerprint density at radius 3 is 2.10 bits per heavy atom. The molecule has 0 radical (unpaired) electrons. The van der Waals surface area contributed by atoms with Gasteiger partial charge in [-0.1, -0.05) is 50.2 Å². The van der Waals surface area contributed by atoms with Crippen LogP contribution in [0.25, 0.3) is 0 Å². The van der Waals surface area contributed by atoms with Gasteiger partial charge in [0.2, 0.25) is 0 Å². The molecular weight excluding hydrogens is 291 g/mol. The molecule has 0 saturated heterocycles. The summed E-state index contributed by atoms with van der Waals surface area (Å²) in [5.41, 5.74) is 2.18. The fourth-order valence-corrected chi connectivity index (χ4v) is 3.04. The monoisotopic (exact) mass is 308 g/mol. The van der Waals surface area contributed by atoms with Gasteiger partial charge in [-0.15, -0.1) is 0 Å². The van der Waals surface area contributed by atoms with Crippen molar-refractivity contribution < 1.29 is 9.05 Å². The molecule has 0 bridgehead atoms. The summed E-state index contributed by atoms with van der Waals surface area (Å²) < 4.78 is 11.5. The molecule has 1 atom stereocenters. The summed E-state index contributed by atoms with van der Waals surface area (Å²) in [6.07, 6.45) is 0. The fourth-order valence-electron chi connectivity index (χ4n) is 1.87. The minimum absolute atomic E-state index is 0.379. The molecule has 0 aromatic heterocycles. The number of para-hydroxylation sites is 2. The molecule has 106 valence electrons. The molecule has 1 unspecified atom stereocenters. The largest absolute Gasteiger partial charge is 0.427 e. The van der Waals surface area contributed by atoms with Gasteiger partial charge in [0.05, 0.1) is 0 Å². The third kappa shape index (κ3) is 3.88. The molecule has 0 heterocycles. The number of aryl methyl sites for hydroxylation is 1. The van der Waals surface area contributed by atoms with Crippen molar-refractivity contribution >= 4 is 19.0 Å². The Morgan fingerprint density at radius 2 is 1.45 bits per heavy atom. The summed E-state index contributed by atoms with van der Waals surface area (Å²) >= 11 is 6.22. The number of halogens is 1. The maximum Gasteiger partial charge on any atom is 0.401 e. The lowest BCUT2D eigenvalue weighted by Gasteiger charge is -2.17. The van der Waals surface area contributed by atoms with Crippen LogP contribution in [0.1, 0.15) is 30.9 Å². The summed E-state index contributed by atoms with van der Waals surface area (Å²) in [6, 6.07) is 15.7. The maximum atomic E-state index is 6.22. The quantitative estimate of drug-likeness (QED) is 0.627. The summed E-state index contributed by atoms with van der Waals surface area (Å²) in [5, 5.41) is 0. The van der Waals surface area contributed by atoms with Crippen LogP contribution in [0, 0.1) is 6.92 Å². The van der Waals surface area contributed by atoms with Crippen molar-refractivity contribution in [2.75, 3.05) is 0 Å². The average Bonchev–Trinajstić information content (AvgIpc) is 2.41. The van der Waals surface area contributed by atoms with E-state index in [2.05, 4.69) is 13.8 Å². The van der Waals surface area contributed by atoms with E-state index in [1.54, 1.807) is 0 Å². The van der Waals surface area contributed by atoms with Gasteiger partial charge in [-0.2, -0.15) is 0 Å². The summed E-state index contributed by atoms with van der Waals surface area (Å²) in [4.78, 5) is 0. The molecule has 0 saturated carbocycles. The molecule has 2 rings (SSSR count). The Hall–Kier alpha value is -1.24. The van der Waals surface area contributed by atoms with E-state index in [1.165, 1.54) is 0 Å². The molecule has 0 N–H and O–H groups in total. The Labute approximate surface area is 126 Å². The van der Waals surface area contributed by atoms with Crippen LogP contribution in [0.15, 0.2) is 48.5 Å². The van der Waals surface area contributed by atoms with Gasteiger partial charge in [0.15, 0.2) is 0 Å². The number of rotatable bonds is 5. The molecule has 0 aliphatic rings. The van der Waals surface area contributed by atoms with E-state index in [1.807, 2.05) is 55.5 Å². The normalized spacial score (nSPS) is 12.2. The Kier molecular flexibility index (Phi) is 5.28. The summed E-state index contributed by atoms with van der Waals surface area (Å²) in [7, 11) is -1.52. The average molecular weight is 309 g/mol. The van der Waals surface area contributed by atoms with Gasteiger partial charge in [-0.3, -0.25) is 0 Å². The zero-order valence-corrected chi connectivity index (χ0v) is 13.5. The van der Waals surface area contributed by atoms with Crippen LogP contribution < -0.4 is 9.05 Å². The minimum atomic E-state index is -1.52. The number of benzene rings is 2. The van der Waals surface area contributed by atoms with Crippen LogP contribution in [-0.4, -0.2) is 0 Å². The van der Waals surface area contributed by atoms with E-state index < -0.39 is 7.73 Å². The van der Waals surface area contributed by atoms with Crippen molar-refractivity contribution in [1.29, 1.82) is 0 Å². The number of hydrogen-bond acceptors (Lipinski definition) is 2. The highest BCUT2D eigenvalue weighted by Crippen LogP contribution is 2.46. The van der Waals surface area contributed by atoms with Crippen LogP contribution >= 0.6 is 19.0 Å². The fraction of sp³-hybridized carbons (Fsp3) is 0.250. The summed E-state index contributed by atoms with van der Waals surface area (Å²) in [6.45, 7) is 6.24. The van der Waals surface area contributed by atoms with Gasteiger partial charge >= 0.3 is 7.73 Å². The predicted octanol–water partition coefficient (Wildman–Crippen LogP) is 6.04.